The summed E-state index contributed by atoms with van der Waals surface area (Å²) in [6.07, 6.45) is 5.19. The number of aryl methyl sites for hydroxylation is 2. The molecule has 1 saturated heterocycles. The van der Waals surface area contributed by atoms with Gasteiger partial charge in [0.15, 0.2) is 0 Å². The van der Waals surface area contributed by atoms with Crippen molar-refractivity contribution in [2.75, 3.05) is 20.3 Å². The number of esters is 1. The maximum absolute atomic E-state index is 12.1. The van der Waals surface area contributed by atoms with Gasteiger partial charge in [0.25, 0.3) is 5.56 Å². The van der Waals surface area contributed by atoms with Crippen molar-refractivity contribution in [1.29, 1.82) is 0 Å². The van der Waals surface area contributed by atoms with Crippen molar-refractivity contribution in [2.24, 2.45) is 13.0 Å². The van der Waals surface area contributed by atoms with E-state index in [9.17, 15) is 9.59 Å². The van der Waals surface area contributed by atoms with Gasteiger partial charge in [-0.05, 0) is 31.7 Å². The Labute approximate surface area is 146 Å². The molecule has 1 fully saturated rings. The highest BCUT2D eigenvalue weighted by atomic mass is 16.5. The van der Waals surface area contributed by atoms with E-state index < -0.39 is 5.97 Å². The zero-order valence-corrected chi connectivity index (χ0v) is 14.8. The van der Waals surface area contributed by atoms with Crippen LogP contribution in [-0.2, 0) is 23.1 Å². The molecule has 0 aromatic carbocycles. The number of aromatic nitrogens is 3. The molecule has 0 unspecified atom stereocenters. The van der Waals surface area contributed by atoms with Crippen LogP contribution in [0.4, 0.5) is 0 Å². The van der Waals surface area contributed by atoms with Gasteiger partial charge >= 0.3 is 5.97 Å². The summed E-state index contributed by atoms with van der Waals surface area (Å²) < 4.78 is 13.8. The van der Waals surface area contributed by atoms with Crippen LogP contribution >= 0.6 is 0 Å². The van der Waals surface area contributed by atoms with Gasteiger partial charge in [0.1, 0.15) is 11.5 Å². The maximum atomic E-state index is 12.1. The Hall–Kier alpha value is -2.41. The molecular formula is C18H23N3O4. The van der Waals surface area contributed by atoms with E-state index in [1.54, 1.807) is 26.4 Å². The minimum Gasteiger partial charge on any atom is -0.464 e. The fourth-order valence-corrected chi connectivity index (χ4v) is 3.25. The van der Waals surface area contributed by atoms with Crippen molar-refractivity contribution in [3.8, 4) is 11.4 Å². The Morgan fingerprint density at radius 2 is 2.12 bits per heavy atom. The van der Waals surface area contributed by atoms with Crippen LogP contribution in [0.1, 0.15) is 28.9 Å². The summed E-state index contributed by atoms with van der Waals surface area (Å²) in [5.74, 6) is 0.677. The Kier molecular flexibility index (Phi) is 5.03. The van der Waals surface area contributed by atoms with E-state index in [1.807, 2.05) is 10.6 Å². The summed E-state index contributed by atoms with van der Waals surface area (Å²) in [5.41, 5.74) is 1.83. The molecule has 2 aromatic rings. The lowest BCUT2D eigenvalue weighted by Crippen LogP contribution is -2.23. The number of carbonyl (C=O) groups excluding carboxylic acids is 1. The van der Waals surface area contributed by atoms with Crippen molar-refractivity contribution in [3.05, 3.63) is 40.1 Å². The van der Waals surface area contributed by atoms with Crippen molar-refractivity contribution in [2.45, 2.75) is 26.3 Å². The zero-order chi connectivity index (χ0) is 18.0. The van der Waals surface area contributed by atoms with Gasteiger partial charge in [-0.3, -0.25) is 4.79 Å². The fourth-order valence-electron chi connectivity index (χ4n) is 3.25. The summed E-state index contributed by atoms with van der Waals surface area (Å²) in [6.45, 7) is 3.92. The van der Waals surface area contributed by atoms with Crippen LogP contribution < -0.4 is 5.56 Å². The second kappa shape index (κ2) is 7.23. The molecular weight excluding hydrogens is 322 g/mol. The normalized spacial score (nSPS) is 15.3. The lowest BCUT2D eigenvalue weighted by atomic mass is 10.00. The standard InChI is InChI=1S/C18H23N3O4/c1-12-8-14(11-20(2)17(12)22)16-19-9-15(18(23)24-3)21(16)10-13-4-6-25-7-5-13/h8-9,11,13H,4-7,10H2,1-3H3. The number of imidazole rings is 1. The second-order valence-electron chi connectivity index (χ2n) is 6.45. The van der Waals surface area contributed by atoms with Crippen molar-refractivity contribution in [1.82, 2.24) is 14.1 Å². The number of nitrogens with zero attached hydrogens (tertiary/aromatic N) is 3. The third-order valence-corrected chi connectivity index (χ3v) is 4.65. The first-order valence-corrected chi connectivity index (χ1v) is 8.40. The number of hydrogen-bond donors (Lipinski definition) is 0. The number of rotatable bonds is 4. The third kappa shape index (κ3) is 3.51. The SMILES string of the molecule is COC(=O)c1cnc(-c2cc(C)c(=O)n(C)c2)n1CC1CCOCC1. The molecule has 2 aromatic heterocycles. The number of carbonyl (C=O) groups is 1. The first-order valence-electron chi connectivity index (χ1n) is 8.40. The highest BCUT2D eigenvalue weighted by molar-refractivity contribution is 5.88. The largest absolute Gasteiger partial charge is 0.464 e. The van der Waals surface area contributed by atoms with Gasteiger partial charge in [-0.2, -0.15) is 0 Å². The maximum Gasteiger partial charge on any atom is 0.356 e. The van der Waals surface area contributed by atoms with Gasteiger partial charge < -0.3 is 18.6 Å². The lowest BCUT2D eigenvalue weighted by Gasteiger charge is -2.24. The molecule has 25 heavy (non-hydrogen) atoms. The number of hydrogen-bond acceptors (Lipinski definition) is 5. The van der Waals surface area contributed by atoms with Gasteiger partial charge in [-0.25, -0.2) is 9.78 Å². The molecule has 0 spiro atoms. The predicted octanol–water partition coefficient (Wildman–Crippen LogP) is 1.77. The smallest absolute Gasteiger partial charge is 0.356 e. The summed E-state index contributed by atoms with van der Waals surface area (Å²) in [7, 11) is 3.08. The molecule has 7 heteroatoms. The Morgan fingerprint density at radius 3 is 2.76 bits per heavy atom. The molecule has 0 radical (unpaired) electrons. The average Bonchev–Trinajstić information content (AvgIpc) is 3.03. The Balaban J connectivity index is 2.05. The molecule has 134 valence electrons. The van der Waals surface area contributed by atoms with Crippen LogP contribution in [0.15, 0.2) is 23.3 Å². The van der Waals surface area contributed by atoms with Gasteiger partial charge in [-0.15, -0.1) is 0 Å². The minimum absolute atomic E-state index is 0.0422. The third-order valence-electron chi connectivity index (χ3n) is 4.65. The summed E-state index contributed by atoms with van der Waals surface area (Å²) in [4.78, 5) is 28.6. The molecule has 3 heterocycles. The van der Waals surface area contributed by atoms with Crippen LogP contribution in [0, 0.1) is 12.8 Å². The average molecular weight is 345 g/mol. The summed E-state index contributed by atoms with van der Waals surface area (Å²) >= 11 is 0. The molecule has 0 bridgehead atoms. The number of pyridine rings is 1. The van der Waals surface area contributed by atoms with E-state index in [0.717, 1.165) is 31.6 Å². The highest BCUT2D eigenvalue weighted by Gasteiger charge is 2.23. The zero-order valence-electron chi connectivity index (χ0n) is 14.8. The van der Waals surface area contributed by atoms with Crippen LogP contribution in [0.3, 0.4) is 0 Å². The molecule has 1 aliphatic heterocycles. The first-order chi connectivity index (χ1) is 12.0. The van der Waals surface area contributed by atoms with Crippen molar-refractivity contribution < 1.29 is 14.3 Å². The number of ether oxygens (including phenoxy) is 2. The van der Waals surface area contributed by atoms with Gasteiger partial charge in [0.05, 0.1) is 13.3 Å². The first kappa shape index (κ1) is 17.4. The van der Waals surface area contributed by atoms with Crippen molar-refractivity contribution in [3.63, 3.8) is 0 Å². The van der Waals surface area contributed by atoms with E-state index in [1.165, 1.54) is 11.7 Å². The fraction of sp³-hybridized carbons (Fsp3) is 0.500. The molecule has 0 atom stereocenters. The molecule has 0 aliphatic carbocycles. The van der Waals surface area contributed by atoms with Gasteiger partial charge in [0, 0.05) is 44.1 Å². The topological polar surface area (TPSA) is 75.4 Å². The highest BCUT2D eigenvalue weighted by Crippen LogP contribution is 2.25. The van der Waals surface area contributed by atoms with Gasteiger partial charge in [0.2, 0.25) is 0 Å². The molecule has 7 nitrogen and oxygen atoms in total. The van der Waals surface area contributed by atoms with Gasteiger partial charge in [-0.1, -0.05) is 0 Å². The number of methoxy groups -OCH3 is 1. The molecule has 0 amide bonds. The molecule has 0 N–H and O–H groups in total. The molecule has 1 aliphatic rings. The minimum atomic E-state index is -0.410. The van der Waals surface area contributed by atoms with E-state index in [2.05, 4.69) is 4.98 Å². The van der Waals surface area contributed by atoms with E-state index in [-0.39, 0.29) is 5.56 Å². The van der Waals surface area contributed by atoms with E-state index in [4.69, 9.17) is 9.47 Å². The monoisotopic (exact) mass is 345 g/mol. The molecule has 0 saturated carbocycles. The van der Waals surface area contributed by atoms with E-state index >= 15 is 0 Å². The Morgan fingerprint density at radius 1 is 1.40 bits per heavy atom. The Bertz CT molecular complexity index is 805. The van der Waals surface area contributed by atoms with Crippen molar-refractivity contribution >= 4 is 5.97 Å². The van der Waals surface area contributed by atoms with E-state index in [0.29, 0.717) is 29.5 Å². The quantitative estimate of drug-likeness (QED) is 0.790. The van der Waals surface area contributed by atoms with Crippen LogP contribution in [0.5, 0.6) is 0 Å². The molecule has 3 rings (SSSR count). The van der Waals surface area contributed by atoms with Crippen LogP contribution in [0.2, 0.25) is 0 Å². The van der Waals surface area contributed by atoms with Crippen LogP contribution in [0.25, 0.3) is 11.4 Å². The summed E-state index contributed by atoms with van der Waals surface area (Å²) in [5, 5.41) is 0. The second-order valence-corrected chi connectivity index (χ2v) is 6.45. The van der Waals surface area contributed by atoms with Crippen LogP contribution in [-0.4, -0.2) is 40.4 Å². The predicted molar refractivity (Wildman–Crippen MR) is 92.5 cm³/mol. The summed E-state index contributed by atoms with van der Waals surface area (Å²) in [6, 6.07) is 1.81. The lowest BCUT2D eigenvalue weighted by molar-refractivity contribution is 0.0556.